The summed E-state index contributed by atoms with van der Waals surface area (Å²) in [4.78, 5) is 43.5. The van der Waals surface area contributed by atoms with Gasteiger partial charge >= 0.3 is 5.63 Å². The maximum atomic E-state index is 13.4. The fourth-order valence-corrected chi connectivity index (χ4v) is 4.99. The highest BCUT2D eigenvalue weighted by atomic mass is 19.1. The highest BCUT2D eigenvalue weighted by Gasteiger charge is 2.36. The Balaban J connectivity index is 0.000000158. The number of nitrogens with zero attached hydrogens (tertiary/aromatic N) is 2. The van der Waals surface area contributed by atoms with Crippen LogP contribution in [0.4, 0.5) is 14.5 Å². The first-order valence-electron chi connectivity index (χ1n) is 12.1. The largest absolute Gasteiger partial charge is 0.466 e. The van der Waals surface area contributed by atoms with Gasteiger partial charge in [0.2, 0.25) is 11.8 Å². The Labute approximate surface area is 214 Å². The number of fused-ring (bicyclic) bond motifs is 4. The number of nitrogens with two attached hydrogens (primary N) is 2. The second kappa shape index (κ2) is 10.2. The summed E-state index contributed by atoms with van der Waals surface area (Å²) in [7, 11) is 0. The average Bonchev–Trinajstić information content (AvgIpc) is 3.35. The molecule has 3 aromatic heterocycles. The van der Waals surface area contributed by atoms with Crippen molar-refractivity contribution in [3.05, 3.63) is 64.3 Å². The highest BCUT2D eigenvalue weighted by molar-refractivity contribution is 6.02. The fraction of sp³-hybridized carbons (Fsp3) is 0.308. The zero-order valence-electron chi connectivity index (χ0n) is 20.2. The Morgan fingerprint density at radius 1 is 1.08 bits per heavy atom. The van der Waals surface area contributed by atoms with Gasteiger partial charge in [0.25, 0.3) is 5.91 Å². The predicted molar refractivity (Wildman–Crippen MR) is 134 cm³/mol. The Kier molecular flexibility index (Phi) is 6.81. The maximum Gasteiger partial charge on any atom is 0.345 e. The molecule has 2 amide bonds. The summed E-state index contributed by atoms with van der Waals surface area (Å²) >= 11 is 0. The van der Waals surface area contributed by atoms with Crippen LogP contribution in [0.2, 0.25) is 0 Å². The molecular formula is C26H25F2N5O5. The van der Waals surface area contributed by atoms with Gasteiger partial charge in [0.05, 0.1) is 17.1 Å². The summed E-state index contributed by atoms with van der Waals surface area (Å²) in [5.74, 6) is -1.26. The quantitative estimate of drug-likeness (QED) is 0.347. The van der Waals surface area contributed by atoms with Gasteiger partial charge in [-0.2, -0.15) is 0 Å². The zero-order valence-corrected chi connectivity index (χ0v) is 20.2. The molecule has 0 unspecified atom stereocenters. The van der Waals surface area contributed by atoms with Gasteiger partial charge in [0.15, 0.2) is 6.61 Å². The van der Waals surface area contributed by atoms with Gasteiger partial charge in [-0.1, -0.05) is 0 Å². The van der Waals surface area contributed by atoms with Crippen molar-refractivity contribution in [1.82, 2.24) is 9.97 Å². The minimum absolute atomic E-state index is 0.0700. The number of hydrogen-bond donors (Lipinski definition) is 3. The third-order valence-electron chi connectivity index (χ3n) is 6.85. The fourth-order valence-electron chi connectivity index (χ4n) is 4.99. The van der Waals surface area contributed by atoms with Gasteiger partial charge in [0.1, 0.15) is 22.9 Å². The standard InChI is InChI=1S/C14H16FN3O3.C12H9FN2O2/c15-9-5-11-14(17-6-9)21-7-12(19)18(11)10-3-1-8(2-4-10)13(16)20;13-6-1-2-10-8(3-6)11-9(12(16)17-10)4-7(5-14)15-11/h5-6,8,10H,1-4,7H2,(H2,16,20);1-4,15H,5,14H2. The topological polar surface area (TPSA) is 158 Å². The lowest BCUT2D eigenvalue weighted by Gasteiger charge is -2.38. The van der Waals surface area contributed by atoms with Crippen LogP contribution >= 0.6 is 0 Å². The number of H-pyrrole nitrogens is 1. The lowest BCUT2D eigenvalue weighted by molar-refractivity contribution is -0.123. The second-order valence-corrected chi connectivity index (χ2v) is 9.26. The first kappa shape index (κ1) is 25.3. The van der Waals surface area contributed by atoms with Crippen LogP contribution in [0, 0.1) is 17.6 Å². The van der Waals surface area contributed by atoms with E-state index < -0.39 is 11.4 Å². The van der Waals surface area contributed by atoms with Crippen molar-refractivity contribution in [3.63, 3.8) is 0 Å². The molecule has 1 fully saturated rings. The van der Waals surface area contributed by atoms with Crippen molar-refractivity contribution in [2.45, 2.75) is 38.3 Å². The summed E-state index contributed by atoms with van der Waals surface area (Å²) in [5, 5.41) is 0.933. The van der Waals surface area contributed by atoms with Crippen LogP contribution in [0.5, 0.6) is 5.88 Å². The summed E-state index contributed by atoms with van der Waals surface area (Å²) in [6.07, 6.45) is 3.67. The van der Waals surface area contributed by atoms with Crippen molar-refractivity contribution < 1.29 is 27.5 Å². The van der Waals surface area contributed by atoms with E-state index in [1.165, 1.54) is 24.3 Å². The van der Waals surface area contributed by atoms with E-state index in [0.717, 1.165) is 6.20 Å². The van der Waals surface area contributed by atoms with Gasteiger partial charge in [-0.25, -0.2) is 18.6 Å². The van der Waals surface area contributed by atoms with Crippen LogP contribution in [0.25, 0.3) is 21.9 Å². The van der Waals surface area contributed by atoms with Crippen LogP contribution in [0.3, 0.4) is 0 Å². The van der Waals surface area contributed by atoms with E-state index in [4.69, 9.17) is 20.6 Å². The van der Waals surface area contributed by atoms with Crippen LogP contribution in [-0.4, -0.2) is 34.4 Å². The summed E-state index contributed by atoms with van der Waals surface area (Å²) < 4.78 is 36.9. The average molecular weight is 526 g/mol. The summed E-state index contributed by atoms with van der Waals surface area (Å²) in [5.41, 5.74) is 12.4. The Hall–Kier alpha value is -4.32. The van der Waals surface area contributed by atoms with Gasteiger partial charge in [-0.3, -0.25) is 9.59 Å². The third-order valence-corrected chi connectivity index (χ3v) is 6.85. The lowest BCUT2D eigenvalue weighted by Crippen LogP contribution is -2.48. The van der Waals surface area contributed by atoms with Crippen LogP contribution < -0.4 is 26.7 Å². The van der Waals surface area contributed by atoms with Gasteiger partial charge in [-0.05, 0) is 49.9 Å². The number of halogens is 2. The molecule has 0 atom stereocenters. The molecule has 1 aliphatic heterocycles. The van der Waals surface area contributed by atoms with Crippen molar-refractivity contribution >= 4 is 39.4 Å². The van der Waals surface area contributed by atoms with Crippen LogP contribution in [0.15, 0.2) is 45.7 Å². The normalized spacial score (nSPS) is 19.0. The van der Waals surface area contributed by atoms with Crippen molar-refractivity contribution in [3.8, 4) is 5.88 Å². The molecule has 10 nitrogen and oxygen atoms in total. The molecule has 4 aromatic rings. The van der Waals surface area contributed by atoms with E-state index >= 15 is 0 Å². The number of anilines is 1. The molecule has 0 saturated heterocycles. The SMILES string of the molecule is NC(=O)C1CCC(N2C(=O)COc3ncc(F)cc32)CC1.NCc1cc2c(=O)oc3ccc(F)cc3c2[nH]1. The zero-order chi connectivity index (χ0) is 27.0. The Morgan fingerprint density at radius 3 is 2.55 bits per heavy atom. The summed E-state index contributed by atoms with van der Waals surface area (Å²) in [6, 6.07) is 6.85. The molecule has 198 valence electrons. The molecule has 6 rings (SSSR count). The minimum atomic E-state index is -0.511. The summed E-state index contributed by atoms with van der Waals surface area (Å²) in [6.45, 7) is 0.187. The number of aromatic nitrogens is 2. The number of ether oxygens (including phenoxy) is 1. The number of primary amides is 1. The molecule has 12 heteroatoms. The van der Waals surface area contributed by atoms with Crippen LogP contribution in [0.1, 0.15) is 31.4 Å². The molecule has 0 radical (unpaired) electrons. The number of carbonyl (C=O) groups is 2. The molecule has 0 spiro atoms. The molecular weight excluding hydrogens is 500 g/mol. The van der Waals surface area contributed by atoms with Crippen molar-refractivity contribution in [2.24, 2.45) is 17.4 Å². The highest BCUT2D eigenvalue weighted by Crippen LogP contribution is 2.37. The number of nitrogens with one attached hydrogen (secondary N) is 1. The van der Waals surface area contributed by atoms with Gasteiger partial charge in [-0.15, -0.1) is 0 Å². The molecule has 1 aromatic carbocycles. The molecule has 0 bridgehead atoms. The minimum Gasteiger partial charge on any atom is -0.466 e. The number of rotatable bonds is 3. The van der Waals surface area contributed by atoms with E-state index in [1.807, 2.05) is 0 Å². The maximum absolute atomic E-state index is 13.4. The van der Waals surface area contributed by atoms with E-state index in [1.54, 1.807) is 11.0 Å². The Bertz CT molecular complexity index is 1590. The number of carbonyl (C=O) groups excluding carboxylic acids is 2. The molecule has 2 aliphatic rings. The second-order valence-electron chi connectivity index (χ2n) is 9.26. The molecule has 38 heavy (non-hydrogen) atoms. The van der Waals surface area contributed by atoms with E-state index in [-0.39, 0.29) is 48.6 Å². The van der Waals surface area contributed by atoms with Gasteiger partial charge in [0, 0.05) is 35.7 Å². The third kappa shape index (κ3) is 4.82. The molecule has 1 saturated carbocycles. The first-order valence-corrected chi connectivity index (χ1v) is 12.1. The van der Waals surface area contributed by atoms with E-state index in [0.29, 0.717) is 58.9 Å². The Morgan fingerprint density at radius 2 is 1.84 bits per heavy atom. The first-order chi connectivity index (χ1) is 18.2. The van der Waals surface area contributed by atoms with Crippen molar-refractivity contribution in [2.75, 3.05) is 11.5 Å². The number of pyridine rings is 1. The van der Waals surface area contributed by atoms with Crippen LogP contribution in [-0.2, 0) is 16.1 Å². The van der Waals surface area contributed by atoms with E-state index in [9.17, 15) is 23.2 Å². The number of amides is 2. The van der Waals surface area contributed by atoms with Crippen molar-refractivity contribution in [1.29, 1.82) is 0 Å². The molecule has 5 N–H and O–H groups in total. The number of hydrogen-bond acceptors (Lipinski definition) is 7. The predicted octanol–water partition coefficient (Wildman–Crippen LogP) is 2.86. The van der Waals surface area contributed by atoms with Gasteiger partial charge < -0.3 is 30.5 Å². The smallest absolute Gasteiger partial charge is 0.345 e. The number of benzene rings is 1. The molecule has 4 heterocycles. The monoisotopic (exact) mass is 525 g/mol. The van der Waals surface area contributed by atoms with E-state index in [2.05, 4.69) is 9.97 Å². The lowest BCUT2D eigenvalue weighted by atomic mass is 9.84. The molecule has 1 aliphatic carbocycles. The number of aromatic amines is 1.